The Kier molecular flexibility index (Phi) is 31.8. The predicted molar refractivity (Wildman–Crippen MR) is 181 cm³/mol. The average molecular weight is 594 g/mol. The van der Waals surface area contributed by atoms with Crippen LogP contribution in [0.15, 0.2) is 24.3 Å². The van der Waals surface area contributed by atoms with Gasteiger partial charge in [-0.2, -0.15) is 0 Å². The van der Waals surface area contributed by atoms with E-state index in [0.29, 0.717) is 6.42 Å². The minimum Gasteiger partial charge on any atom is -0.394 e. The molecule has 5 heteroatoms. The molecule has 0 saturated carbocycles. The Bertz CT molecular complexity index is 621. The molecule has 0 aliphatic carbocycles. The van der Waals surface area contributed by atoms with E-state index in [9.17, 15) is 20.1 Å². The van der Waals surface area contributed by atoms with Crippen LogP contribution in [-0.2, 0) is 4.79 Å². The molecule has 0 bridgehead atoms. The van der Waals surface area contributed by atoms with Gasteiger partial charge in [0, 0.05) is 0 Å². The zero-order chi connectivity index (χ0) is 30.9. The van der Waals surface area contributed by atoms with Gasteiger partial charge in [-0.3, -0.25) is 4.79 Å². The molecule has 4 N–H and O–H groups in total. The minimum atomic E-state index is -1.10. The van der Waals surface area contributed by atoms with Crippen molar-refractivity contribution in [1.29, 1.82) is 0 Å². The van der Waals surface area contributed by atoms with Crippen molar-refractivity contribution in [3.63, 3.8) is 0 Å². The van der Waals surface area contributed by atoms with Crippen molar-refractivity contribution in [2.45, 2.75) is 199 Å². The fourth-order valence-corrected chi connectivity index (χ4v) is 5.38. The Morgan fingerprint density at radius 2 is 0.976 bits per heavy atom. The lowest BCUT2D eigenvalue weighted by atomic mass is 10.0. The molecule has 1 amide bonds. The third-order valence-electron chi connectivity index (χ3n) is 8.29. The predicted octanol–water partition coefficient (Wildman–Crippen LogP) is 9.48. The van der Waals surface area contributed by atoms with E-state index in [1.165, 1.54) is 122 Å². The molecule has 0 aromatic heterocycles. The average Bonchev–Trinajstić information content (AvgIpc) is 2.99. The number of allylic oxidation sites excluding steroid dienone is 3. The molecule has 0 heterocycles. The maximum atomic E-state index is 12.3. The number of nitrogens with one attached hydrogen (secondary N) is 1. The first kappa shape index (κ1) is 40.8. The summed E-state index contributed by atoms with van der Waals surface area (Å²) in [6, 6.07) is -0.808. The highest BCUT2D eigenvalue weighted by Gasteiger charge is 2.22. The van der Waals surface area contributed by atoms with E-state index < -0.39 is 24.2 Å². The van der Waals surface area contributed by atoms with Gasteiger partial charge in [-0.15, -0.1) is 0 Å². The highest BCUT2D eigenvalue weighted by molar-refractivity contribution is 5.80. The van der Waals surface area contributed by atoms with Gasteiger partial charge in [0.05, 0.1) is 18.8 Å². The number of carbonyl (C=O) groups excluding carboxylic acids is 1. The molecule has 0 radical (unpaired) electrons. The molecule has 0 rings (SSSR count). The molecule has 0 spiro atoms. The molecule has 42 heavy (non-hydrogen) atoms. The summed E-state index contributed by atoms with van der Waals surface area (Å²) in [5, 5.41) is 32.8. The lowest BCUT2D eigenvalue weighted by molar-refractivity contribution is -0.131. The molecular formula is C37H71NO4. The first-order valence-electron chi connectivity index (χ1n) is 18.2. The number of aliphatic hydroxyl groups is 3. The Labute approximate surface area is 261 Å². The first-order valence-corrected chi connectivity index (χ1v) is 18.2. The van der Waals surface area contributed by atoms with Gasteiger partial charge in [-0.25, -0.2) is 0 Å². The van der Waals surface area contributed by atoms with Gasteiger partial charge in [0.15, 0.2) is 0 Å². The molecule has 248 valence electrons. The molecule has 0 aliphatic rings. The van der Waals surface area contributed by atoms with Gasteiger partial charge in [-0.1, -0.05) is 173 Å². The van der Waals surface area contributed by atoms with Crippen molar-refractivity contribution < 1.29 is 20.1 Å². The number of carbonyl (C=O) groups is 1. The van der Waals surface area contributed by atoms with Crippen molar-refractivity contribution in [2.75, 3.05) is 6.61 Å². The second-order valence-corrected chi connectivity index (χ2v) is 12.4. The van der Waals surface area contributed by atoms with E-state index >= 15 is 0 Å². The summed E-state index contributed by atoms with van der Waals surface area (Å²) < 4.78 is 0. The van der Waals surface area contributed by atoms with E-state index in [0.717, 1.165) is 38.5 Å². The summed E-state index contributed by atoms with van der Waals surface area (Å²) in [6.07, 6.45) is 37.7. The fraction of sp³-hybridized carbons (Fsp3) is 0.865. The molecule has 0 aromatic carbocycles. The SMILES string of the molecule is CCCCCCCCCCCCCCC/C=C/CC/C=C/C(O)C(CO)NC(=O)C(O)CCCCCCCCCCC. The van der Waals surface area contributed by atoms with Crippen LogP contribution >= 0.6 is 0 Å². The number of hydrogen-bond donors (Lipinski definition) is 4. The van der Waals surface area contributed by atoms with Gasteiger partial charge in [0.25, 0.3) is 0 Å². The molecule has 3 atom stereocenters. The molecule has 0 saturated heterocycles. The number of hydrogen-bond acceptors (Lipinski definition) is 4. The van der Waals surface area contributed by atoms with E-state index in [4.69, 9.17) is 0 Å². The zero-order valence-corrected chi connectivity index (χ0v) is 27.9. The van der Waals surface area contributed by atoms with E-state index in [-0.39, 0.29) is 6.61 Å². The maximum absolute atomic E-state index is 12.3. The van der Waals surface area contributed by atoms with Crippen LogP contribution in [0.3, 0.4) is 0 Å². The summed E-state index contributed by atoms with van der Waals surface area (Å²) in [4.78, 5) is 12.3. The van der Waals surface area contributed by atoms with Crippen LogP contribution in [0.4, 0.5) is 0 Å². The van der Waals surface area contributed by atoms with Gasteiger partial charge in [-0.05, 0) is 32.1 Å². The van der Waals surface area contributed by atoms with Gasteiger partial charge in [0.1, 0.15) is 6.10 Å². The minimum absolute atomic E-state index is 0.374. The normalized spacial score (nSPS) is 14.1. The Balaban J connectivity index is 3.76. The highest BCUT2D eigenvalue weighted by atomic mass is 16.3. The highest BCUT2D eigenvalue weighted by Crippen LogP contribution is 2.14. The monoisotopic (exact) mass is 594 g/mol. The van der Waals surface area contributed by atoms with E-state index in [1.54, 1.807) is 6.08 Å². The largest absolute Gasteiger partial charge is 0.394 e. The smallest absolute Gasteiger partial charge is 0.249 e. The van der Waals surface area contributed by atoms with Crippen LogP contribution in [0.5, 0.6) is 0 Å². The molecule has 5 nitrogen and oxygen atoms in total. The van der Waals surface area contributed by atoms with Crippen molar-refractivity contribution in [3.05, 3.63) is 24.3 Å². The summed E-state index contributed by atoms with van der Waals surface area (Å²) >= 11 is 0. The number of aliphatic hydroxyl groups excluding tert-OH is 3. The van der Waals surface area contributed by atoms with Crippen molar-refractivity contribution in [2.24, 2.45) is 0 Å². The van der Waals surface area contributed by atoms with Crippen LogP contribution in [-0.4, -0.2) is 46.1 Å². The lowest BCUT2D eigenvalue weighted by Crippen LogP contribution is -2.48. The van der Waals surface area contributed by atoms with Gasteiger partial charge in [0.2, 0.25) is 5.91 Å². The maximum Gasteiger partial charge on any atom is 0.249 e. The molecule has 0 aliphatic heterocycles. The summed E-state index contributed by atoms with van der Waals surface area (Å²) in [5.41, 5.74) is 0. The van der Waals surface area contributed by atoms with Crippen LogP contribution in [0.25, 0.3) is 0 Å². The number of rotatable bonds is 32. The van der Waals surface area contributed by atoms with E-state index in [2.05, 4.69) is 31.3 Å². The van der Waals surface area contributed by atoms with Gasteiger partial charge >= 0.3 is 0 Å². The Hall–Kier alpha value is -1.17. The third kappa shape index (κ3) is 27.7. The topological polar surface area (TPSA) is 89.8 Å². The summed E-state index contributed by atoms with van der Waals surface area (Å²) in [5.74, 6) is -0.517. The van der Waals surface area contributed by atoms with Crippen molar-refractivity contribution >= 4 is 5.91 Å². The van der Waals surface area contributed by atoms with Crippen molar-refractivity contribution in [1.82, 2.24) is 5.32 Å². The standard InChI is InChI=1S/C37H71NO4/c1-3-5-7-9-11-13-14-15-16-17-18-19-20-21-22-24-25-27-29-31-35(40)34(33-39)38-37(42)36(41)32-30-28-26-23-12-10-8-6-4-2/h22,24,29,31,34-36,39-41H,3-21,23,25-28,30,32-33H2,1-2H3,(H,38,42)/b24-22+,31-29+. The molecular weight excluding hydrogens is 522 g/mol. The van der Waals surface area contributed by atoms with E-state index in [1.807, 2.05) is 6.08 Å². The van der Waals surface area contributed by atoms with Gasteiger partial charge < -0.3 is 20.6 Å². The zero-order valence-electron chi connectivity index (χ0n) is 27.9. The molecule has 3 unspecified atom stereocenters. The summed E-state index contributed by atoms with van der Waals surface area (Å²) in [7, 11) is 0. The first-order chi connectivity index (χ1) is 20.6. The molecule has 0 fully saturated rings. The molecule has 0 aromatic rings. The fourth-order valence-electron chi connectivity index (χ4n) is 5.38. The Morgan fingerprint density at radius 3 is 1.45 bits per heavy atom. The van der Waals surface area contributed by atoms with Crippen molar-refractivity contribution in [3.8, 4) is 0 Å². The second-order valence-electron chi connectivity index (χ2n) is 12.4. The summed E-state index contributed by atoms with van der Waals surface area (Å²) in [6.45, 7) is 4.13. The number of amides is 1. The second kappa shape index (κ2) is 32.7. The lowest BCUT2D eigenvalue weighted by Gasteiger charge is -2.21. The Morgan fingerprint density at radius 1 is 0.571 bits per heavy atom. The van der Waals surface area contributed by atoms with Crippen LogP contribution in [0.2, 0.25) is 0 Å². The van der Waals surface area contributed by atoms with Crippen LogP contribution < -0.4 is 5.32 Å². The third-order valence-corrected chi connectivity index (χ3v) is 8.29. The van der Waals surface area contributed by atoms with Crippen LogP contribution in [0.1, 0.15) is 181 Å². The number of unbranched alkanes of at least 4 members (excludes halogenated alkanes) is 22. The van der Waals surface area contributed by atoms with Crippen LogP contribution in [0, 0.1) is 0 Å². The quantitative estimate of drug-likeness (QED) is 0.0462.